The molecule has 0 radical (unpaired) electrons. The molecule has 238 valence electrons. The second kappa shape index (κ2) is 12.7. The van der Waals surface area contributed by atoms with Gasteiger partial charge in [0, 0.05) is 36.4 Å². The number of nitrogens with one attached hydrogen (secondary N) is 2. The fraction of sp³-hybridized carbons (Fsp3) is 0.606. The molecule has 1 spiro atoms. The van der Waals surface area contributed by atoms with Crippen molar-refractivity contribution in [1.29, 1.82) is 0 Å². The van der Waals surface area contributed by atoms with Gasteiger partial charge >= 0.3 is 6.18 Å². The van der Waals surface area contributed by atoms with Gasteiger partial charge in [-0.2, -0.15) is 18.3 Å². The predicted octanol–water partition coefficient (Wildman–Crippen LogP) is 6.69. The third-order valence-electron chi connectivity index (χ3n) is 10.5. The third kappa shape index (κ3) is 6.59. The lowest BCUT2D eigenvalue weighted by Gasteiger charge is -2.45. The van der Waals surface area contributed by atoms with E-state index in [2.05, 4.69) is 27.6 Å². The van der Waals surface area contributed by atoms with Crippen LogP contribution >= 0.6 is 0 Å². The largest absolute Gasteiger partial charge is 0.494 e. The van der Waals surface area contributed by atoms with Crippen molar-refractivity contribution < 1.29 is 22.7 Å². The van der Waals surface area contributed by atoms with Gasteiger partial charge in [0.1, 0.15) is 11.4 Å². The van der Waals surface area contributed by atoms with Gasteiger partial charge in [-0.05, 0) is 114 Å². The summed E-state index contributed by atoms with van der Waals surface area (Å²) < 4.78 is 47.8. The maximum absolute atomic E-state index is 13.5. The summed E-state index contributed by atoms with van der Waals surface area (Å²) in [5.74, 6) is 0.0532. The number of nitrogens with zero attached hydrogens (tertiary/aromatic N) is 4. The van der Waals surface area contributed by atoms with Crippen LogP contribution in [0.4, 0.5) is 18.9 Å². The summed E-state index contributed by atoms with van der Waals surface area (Å²) in [4.78, 5) is 19.2. The monoisotopic (exact) mass is 612 g/mol. The number of benzene rings is 1. The van der Waals surface area contributed by atoms with Crippen LogP contribution in [0.2, 0.25) is 0 Å². The molecule has 2 saturated carbocycles. The zero-order chi connectivity index (χ0) is 30.9. The molecular formula is C33H43F3N6O2. The van der Waals surface area contributed by atoms with Crippen LogP contribution < -0.4 is 15.4 Å². The molecule has 6 rings (SSSR count). The number of ether oxygens (including phenoxy) is 1. The van der Waals surface area contributed by atoms with Crippen LogP contribution in [0.1, 0.15) is 86.3 Å². The maximum atomic E-state index is 13.5. The van der Waals surface area contributed by atoms with Crippen molar-refractivity contribution in [1.82, 2.24) is 25.0 Å². The first kappa shape index (κ1) is 30.8. The van der Waals surface area contributed by atoms with E-state index in [4.69, 9.17) is 9.84 Å². The number of hydrogen-bond donors (Lipinski definition) is 2. The van der Waals surface area contributed by atoms with E-state index < -0.39 is 23.3 Å². The van der Waals surface area contributed by atoms with Crippen LogP contribution in [0.15, 0.2) is 36.7 Å². The average molecular weight is 613 g/mol. The lowest BCUT2D eigenvalue weighted by molar-refractivity contribution is -0.138. The smallest absolute Gasteiger partial charge is 0.418 e. The summed E-state index contributed by atoms with van der Waals surface area (Å²) in [7, 11) is 3.77. The molecule has 11 heteroatoms. The topological polar surface area (TPSA) is 84.3 Å². The Morgan fingerprint density at radius 1 is 1.11 bits per heavy atom. The number of fused-ring (bicyclic) bond motifs is 1. The fourth-order valence-corrected chi connectivity index (χ4v) is 7.78. The summed E-state index contributed by atoms with van der Waals surface area (Å²) in [6.07, 6.45) is 10.9. The van der Waals surface area contributed by atoms with Crippen LogP contribution in [-0.4, -0.2) is 65.4 Å². The van der Waals surface area contributed by atoms with E-state index in [1.807, 2.05) is 10.9 Å². The van der Waals surface area contributed by atoms with Crippen molar-refractivity contribution in [3.8, 4) is 5.75 Å². The number of piperidine rings is 1. The van der Waals surface area contributed by atoms with Crippen LogP contribution in [0.25, 0.3) is 10.9 Å². The minimum atomic E-state index is -4.70. The van der Waals surface area contributed by atoms with E-state index in [9.17, 15) is 18.0 Å². The Kier molecular flexibility index (Phi) is 8.88. The van der Waals surface area contributed by atoms with Crippen LogP contribution in [0, 0.1) is 11.3 Å². The molecule has 0 atom stereocenters. The number of aromatic nitrogens is 3. The molecule has 3 fully saturated rings. The normalized spacial score (nSPS) is 22.9. The van der Waals surface area contributed by atoms with Gasteiger partial charge in [-0.1, -0.05) is 0 Å². The van der Waals surface area contributed by atoms with Gasteiger partial charge in [0.25, 0.3) is 5.91 Å². The number of rotatable bonds is 7. The zero-order valence-corrected chi connectivity index (χ0v) is 25.6. The molecule has 44 heavy (non-hydrogen) atoms. The van der Waals surface area contributed by atoms with Gasteiger partial charge in [0.15, 0.2) is 0 Å². The van der Waals surface area contributed by atoms with Crippen LogP contribution in [-0.2, 0) is 6.18 Å². The van der Waals surface area contributed by atoms with E-state index in [0.717, 1.165) is 49.7 Å². The first-order valence-electron chi connectivity index (χ1n) is 16.0. The third-order valence-corrected chi connectivity index (χ3v) is 10.5. The zero-order valence-electron chi connectivity index (χ0n) is 25.6. The standard InChI is InChI=1S/C33H43F3N6O2/c1-41(24-9-11-32(12-10-24)13-16-37-17-14-32)20-22-5-7-25(8-6-22)42-21-23-18-28(29(44-2)19-27(23)40-42)39-31(43)30-26(33(34,35)36)4-3-15-38-30/h3-4,15,18-19,21-22,24-25,37H,5-14,16-17,20H2,1-2H3,(H,39,43). The first-order chi connectivity index (χ1) is 21.1. The van der Waals surface area contributed by atoms with Gasteiger partial charge in [0.05, 0.1) is 29.9 Å². The van der Waals surface area contributed by atoms with Gasteiger partial charge in [-0.15, -0.1) is 0 Å². The highest BCUT2D eigenvalue weighted by atomic mass is 19.4. The molecule has 0 bridgehead atoms. The molecule has 1 aromatic carbocycles. The van der Waals surface area contributed by atoms with Gasteiger partial charge in [-0.25, -0.2) is 0 Å². The Labute approximate surface area is 256 Å². The average Bonchev–Trinajstić information content (AvgIpc) is 3.44. The van der Waals surface area contributed by atoms with E-state index in [1.165, 1.54) is 64.9 Å². The SMILES string of the molecule is COc1cc2nn(C3CCC(CN(C)C4CCC5(CCNCC5)CC4)CC3)cc2cc1NC(=O)c1ncccc1C(F)(F)F. The first-order valence-corrected chi connectivity index (χ1v) is 16.0. The van der Waals surface area contributed by atoms with E-state index in [0.29, 0.717) is 28.6 Å². The van der Waals surface area contributed by atoms with E-state index >= 15 is 0 Å². The van der Waals surface area contributed by atoms with Crippen molar-refractivity contribution in [2.75, 3.05) is 39.1 Å². The molecule has 1 aliphatic heterocycles. The molecule has 2 N–H and O–H groups in total. The summed E-state index contributed by atoms with van der Waals surface area (Å²) >= 11 is 0. The minimum absolute atomic E-state index is 0.267. The lowest BCUT2D eigenvalue weighted by atomic mass is 9.67. The number of pyridine rings is 1. The highest BCUT2D eigenvalue weighted by molar-refractivity contribution is 6.06. The number of halogens is 3. The maximum Gasteiger partial charge on any atom is 0.418 e. The quantitative estimate of drug-likeness (QED) is 0.310. The summed E-state index contributed by atoms with van der Waals surface area (Å²) in [5, 5.41) is 11.7. The predicted molar refractivity (Wildman–Crippen MR) is 164 cm³/mol. The molecule has 0 unspecified atom stereocenters. The van der Waals surface area contributed by atoms with Crippen LogP contribution in [0.3, 0.4) is 0 Å². The number of carbonyl (C=O) groups excluding carboxylic acids is 1. The Bertz CT molecular complexity index is 1450. The summed E-state index contributed by atoms with van der Waals surface area (Å²) in [6.45, 7) is 3.51. The van der Waals surface area contributed by atoms with Crippen molar-refractivity contribution in [3.63, 3.8) is 0 Å². The number of amides is 1. The number of hydrogen-bond acceptors (Lipinski definition) is 6. The molecule has 3 aliphatic rings. The molecule has 1 amide bonds. The minimum Gasteiger partial charge on any atom is -0.494 e. The molecule has 3 aromatic rings. The van der Waals surface area contributed by atoms with Crippen molar-refractivity contribution in [2.24, 2.45) is 11.3 Å². The van der Waals surface area contributed by atoms with Crippen molar-refractivity contribution in [3.05, 3.63) is 47.9 Å². The number of carbonyl (C=O) groups is 1. The number of anilines is 1. The Morgan fingerprint density at radius 2 is 1.84 bits per heavy atom. The van der Waals surface area contributed by atoms with Gasteiger partial charge in [-0.3, -0.25) is 14.5 Å². The molecule has 8 nitrogen and oxygen atoms in total. The Hall–Kier alpha value is -3.18. The van der Waals surface area contributed by atoms with E-state index in [-0.39, 0.29) is 11.7 Å². The number of alkyl halides is 3. The fourth-order valence-electron chi connectivity index (χ4n) is 7.78. The molecule has 2 aromatic heterocycles. The second-order valence-corrected chi connectivity index (χ2v) is 13.2. The highest BCUT2D eigenvalue weighted by Gasteiger charge is 2.38. The summed E-state index contributed by atoms with van der Waals surface area (Å²) in [5.41, 5.74) is -0.200. The van der Waals surface area contributed by atoms with Gasteiger partial charge < -0.3 is 20.3 Å². The lowest BCUT2D eigenvalue weighted by Crippen LogP contribution is -2.44. The second-order valence-electron chi connectivity index (χ2n) is 13.2. The highest BCUT2D eigenvalue weighted by Crippen LogP contribution is 2.44. The summed E-state index contributed by atoms with van der Waals surface area (Å²) in [6, 6.07) is 6.40. The molecule has 1 saturated heterocycles. The Balaban J connectivity index is 1.07. The van der Waals surface area contributed by atoms with Gasteiger partial charge in [0.2, 0.25) is 0 Å². The Morgan fingerprint density at radius 3 is 2.52 bits per heavy atom. The van der Waals surface area contributed by atoms with Crippen LogP contribution in [0.5, 0.6) is 5.75 Å². The molecule has 2 aliphatic carbocycles. The van der Waals surface area contributed by atoms with Crippen molar-refractivity contribution in [2.45, 2.75) is 82.5 Å². The van der Waals surface area contributed by atoms with Crippen molar-refractivity contribution >= 4 is 22.5 Å². The molecular weight excluding hydrogens is 569 g/mol. The van der Waals surface area contributed by atoms with E-state index in [1.54, 1.807) is 12.1 Å². The molecule has 3 heterocycles. The number of methoxy groups -OCH3 is 1.